The Morgan fingerprint density at radius 3 is 2.68 bits per heavy atom. The van der Waals surface area contributed by atoms with Crippen LogP contribution in [0.25, 0.3) is 0 Å². The Kier molecular flexibility index (Phi) is 4.76. The molecule has 0 radical (unpaired) electrons. The third-order valence-electron chi connectivity index (χ3n) is 2.59. The third-order valence-corrected chi connectivity index (χ3v) is 4.93. The summed E-state index contributed by atoms with van der Waals surface area (Å²) in [6, 6.07) is 7.98. The van der Waals surface area contributed by atoms with Gasteiger partial charge >= 0.3 is 0 Å². The molecule has 0 atom stereocenters. The molecule has 0 saturated carbocycles. The normalized spacial score (nSPS) is 10.5. The molecular weight excluding hydrogens is 397 g/mol. The zero-order valence-electron chi connectivity index (χ0n) is 9.99. The molecule has 0 amide bonds. The number of ketones is 1. The van der Waals surface area contributed by atoms with Crippen molar-refractivity contribution >= 4 is 54.7 Å². The molecule has 6 heteroatoms. The lowest BCUT2D eigenvalue weighted by Crippen LogP contribution is -2.25. The first kappa shape index (κ1) is 14.7. The standard InChI is InChI=1S/C13H10Br2FNOS/c1-17(9-4-2-3-8(16)5-9)7-11(18)10-6-12(14)19-13(10)15/h2-6H,7H2,1H3. The van der Waals surface area contributed by atoms with Gasteiger partial charge in [-0.05, 0) is 56.1 Å². The molecule has 19 heavy (non-hydrogen) atoms. The van der Waals surface area contributed by atoms with Gasteiger partial charge < -0.3 is 4.90 Å². The number of likely N-dealkylation sites (N-methyl/N-ethyl adjacent to an activating group) is 1. The zero-order valence-corrected chi connectivity index (χ0v) is 14.0. The monoisotopic (exact) mass is 405 g/mol. The Labute approximate surface area is 131 Å². The SMILES string of the molecule is CN(CC(=O)c1cc(Br)sc1Br)c1cccc(F)c1. The summed E-state index contributed by atoms with van der Waals surface area (Å²) in [5.74, 6) is -0.322. The highest BCUT2D eigenvalue weighted by Crippen LogP contribution is 2.32. The maximum absolute atomic E-state index is 13.1. The predicted octanol–water partition coefficient (Wildman–Crippen LogP) is 4.73. The van der Waals surface area contributed by atoms with Gasteiger partial charge in [0.05, 0.1) is 14.1 Å². The van der Waals surface area contributed by atoms with E-state index in [2.05, 4.69) is 31.9 Å². The van der Waals surface area contributed by atoms with Crippen LogP contribution < -0.4 is 4.90 Å². The lowest BCUT2D eigenvalue weighted by atomic mass is 10.2. The molecule has 2 rings (SSSR count). The van der Waals surface area contributed by atoms with Crippen LogP contribution in [0.1, 0.15) is 10.4 Å². The number of rotatable bonds is 4. The molecule has 0 unspecified atom stereocenters. The maximum Gasteiger partial charge on any atom is 0.184 e. The molecule has 100 valence electrons. The van der Waals surface area contributed by atoms with E-state index in [1.54, 1.807) is 30.1 Å². The molecule has 0 saturated heterocycles. The van der Waals surface area contributed by atoms with E-state index in [-0.39, 0.29) is 18.1 Å². The van der Waals surface area contributed by atoms with Crippen molar-refractivity contribution in [3.8, 4) is 0 Å². The fourth-order valence-electron chi connectivity index (χ4n) is 1.64. The summed E-state index contributed by atoms with van der Waals surface area (Å²) >= 11 is 8.17. The van der Waals surface area contributed by atoms with Crippen molar-refractivity contribution in [2.24, 2.45) is 0 Å². The number of nitrogens with zero attached hydrogens (tertiary/aromatic N) is 1. The molecule has 1 heterocycles. The van der Waals surface area contributed by atoms with Crippen LogP contribution in [0.15, 0.2) is 37.9 Å². The van der Waals surface area contributed by atoms with Gasteiger partial charge in [-0.25, -0.2) is 4.39 Å². The smallest absolute Gasteiger partial charge is 0.184 e. The Morgan fingerprint density at radius 2 is 2.11 bits per heavy atom. The molecule has 0 aliphatic carbocycles. The molecule has 0 bridgehead atoms. The Hall–Kier alpha value is -0.720. The minimum atomic E-state index is -0.309. The zero-order chi connectivity index (χ0) is 14.0. The lowest BCUT2D eigenvalue weighted by molar-refractivity contribution is 0.1000. The van der Waals surface area contributed by atoms with Crippen LogP contribution in [0, 0.1) is 5.82 Å². The Morgan fingerprint density at radius 1 is 1.37 bits per heavy atom. The van der Waals surface area contributed by atoms with Crippen molar-refractivity contribution in [1.29, 1.82) is 0 Å². The molecule has 2 nitrogen and oxygen atoms in total. The predicted molar refractivity (Wildman–Crippen MR) is 83.7 cm³/mol. The quantitative estimate of drug-likeness (QED) is 0.684. The van der Waals surface area contributed by atoms with Crippen LogP contribution in [-0.2, 0) is 0 Å². The third kappa shape index (κ3) is 3.64. The first-order chi connectivity index (χ1) is 8.97. The molecule has 0 aliphatic heterocycles. The van der Waals surface area contributed by atoms with Crippen LogP contribution in [0.4, 0.5) is 10.1 Å². The van der Waals surface area contributed by atoms with Crippen LogP contribution in [-0.4, -0.2) is 19.4 Å². The summed E-state index contributed by atoms with van der Waals surface area (Å²) in [6.45, 7) is 0.200. The molecule has 0 fully saturated rings. The second-order valence-electron chi connectivity index (χ2n) is 4.00. The number of anilines is 1. The van der Waals surface area contributed by atoms with E-state index < -0.39 is 0 Å². The van der Waals surface area contributed by atoms with Gasteiger partial charge in [-0.3, -0.25) is 4.79 Å². The fraction of sp³-hybridized carbons (Fsp3) is 0.154. The van der Waals surface area contributed by atoms with Gasteiger partial charge in [0.25, 0.3) is 0 Å². The highest BCUT2D eigenvalue weighted by atomic mass is 79.9. The van der Waals surface area contributed by atoms with E-state index >= 15 is 0 Å². The van der Waals surface area contributed by atoms with Crippen LogP contribution >= 0.6 is 43.2 Å². The summed E-state index contributed by atoms with van der Waals surface area (Å²) in [6.07, 6.45) is 0. The van der Waals surface area contributed by atoms with Crippen molar-refractivity contribution in [1.82, 2.24) is 0 Å². The van der Waals surface area contributed by atoms with Gasteiger partial charge in [0.1, 0.15) is 5.82 Å². The van der Waals surface area contributed by atoms with Gasteiger partial charge in [-0.2, -0.15) is 0 Å². The second kappa shape index (κ2) is 6.15. The van der Waals surface area contributed by atoms with Gasteiger partial charge in [-0.1, -0.05) is 6.07 Å². The van der Waals surface area contributed by atoms with E-state index in [9.17, 15) is 9.18 Å². The minimum absolute atomic E-state index is 0.0133. The van der Waals surface area contributed by atoms with Crippen LogP contribution in [0.3, 0.4) is 0 Å². The number of halogens is 3. The van der Waals surface area contributed by atoms with E-state index in [1.807, 2.05) is 0 Å². The molecule has 0 N–H and O–H groups in total. The average Bonchev–Trinajstić information content (AvgIpc) is 2.68. The topological polar surface area (TPSA) is 20.3 Å². The summed E-state index contributed by atoms with van der Waals surface area (Å²) in [5.41, 5.74) is 1.32. The Balaban J connectivity index is 2.13. The van der Waals surface area contributed by atoms with Crippen molar-refractivity contribution in [3.05, 3.63) is 49.3 Å². The van der Waals surface area contributed by atoms with Crippen molar-refractivity contribution < 1.29 is 9.18 Å². The minimum Gasteiger partial charge on any atom is -0.367 e. The van der Waals surface area contributed by atoms with Gasteiger partial charge in [0.2, 0.25) is 0 Å². The molecule has 1 aromatic carbocycles. The first-order valence-electron chi connectivity index (χ1n) is 5.42. The molecule has 0 spiro atoms. The highest BCUT2D eigenvalue weighted by molar-refractivity contribution is 9.12. The first-order valence-corrected chi connectivity index (χ1v) is 7.82. The van der Waals surface area contributed by atoms with Crippen molar-refractivity contribution in [2.45, 2.75) is 0 Å². The summed E-state index contributed by atoms with van der Waals surface area (Å²) in [5, 5.41) is 0. The average molecular weight is 407 g/mol. The number of hydrogen-bond donors (Lipinski definition) is 0. The molecule has 2 aromatic rings. The number of hydrogen-bond acceptors (Lipinski definition) is 3. The summed E-state index contributed by atoms with van der Waals surface area (Å²) in [7, 11) is 1.77. The number of thiophene rings is 1. The number of benzene rings is 1. The van der Waals surface area contributed by atoms with Crippen LogP contribution in [0.2, 0.25) is 0 Å². The molecule has 0 aliphatic rings. The summed E-state index contributed by atoms with van der Waals surface area (Å²) < 4.78 is 14.8. The van der Waals surface area contributed by atoms with E-state index in [1.165, 1.54) is 23.5 Å². The van der Waals surface area contributed by atoms with E-state index in [0.29, 0.717) is 11.3 Å². The van der Waals surface area contributed by atoms with Gasteiger partial charge in [0.15, 0.2) is 5.78 Å². The largest absolute Gasteiger partial charge is 0.367 e. The lowest BCUT2D eigenvalue weighted by Gasteiger charge is -2.18. The van der Waals surface area contributed by atoms with Gasteiger partial charge in [-0.15, -0.1) is 11.3 Å². The van der Waals surface area contributed by atoms with E-state index in [0.717, 1.165) is 7.57 Å². The van der Waals surface area contributed by atoms with Crippen molar-refractivity contribution in [2.75, 3.05) is 18.5 Å². The second-order valence-corrected chi connectivity index (χ2v) is 7.75. The fourth-order valence-corrected chi connectivity index (χ4v) is 4.49. The van der Waals surface area contributed by atoms with Gasteiger partial charge in [0, 0.05) is 18.3 Å². The van der Waals surface area contributed by atoms with E-state index in [4.69, 9.17) is 0 Å². The molecule has 1 aromatic heterocycles. The number of Topliss-reactive ketones (excluding diaryl/α,β-unsaturated/α-hetero) is 1. The van der Waals surface area contributed by atoms with Crippen molar-refractivity contribution in [3.63, 3.8) is 0 Å². The number of carbonyl (C=O) groups excluding carboxylic acids is 1. The summed E-state index contributed by atoms with van der Waals surface area (Å²) in [4.78, 5) is 13.9. The Bertz CT molecular complexity index is 614. The van der Waals surface area contributed by atoms with Crippen LogP contribution in [0.5, 0.6) is 0 Å². The maximum atomic E-state index is 13.1. The molecular formula is C13H10Br2FNOS. The number of carbonyl (C=O) groups is 1. The highest BCUT2D eigenvalue weighted by Gasteiger charge is 2.16.